The van der Waals surface area contributed by atoms with E-state index in [1.807, 2.05) is 0 Å². The van der Waals surface area contributed by atoms with E-state index in [0.29, 0.717) is 0 Å². The summed E-state index contributed by atoms with van der Waals surface area (Å²) in [6.07, 6.45) is 25.9. The molecule has 226 valence electrons. The maximum Gasteiger partial charge on any atom is 0.0739 e. The van der Waals surface area contributed by atoms with Crippen molar-refractivity contribution < 1.29 is 18.1 Å². The van der Waals surface area contributed by atoms with Crippen LogP contribution in [0.3, 0.4) is 0 Å². The van der Waals surface area contributed by atoms with Gasteiger partial charge in [0, 0.05) is 0 Å². The molecule has 3 rings (SSSR count). The number of rotatable bonds is 23. The first-order valence-electron chi connectivity index (χ1n) is 16.7. The van der Waals surface area contributed by atoms with E-state index in [-0.39, 0.29) is 17.8 Å². The molecule has 0 radical (unpaired) electrons. The Morgan fingerprint density at radius 3 is 0.927 bits per heavy atom. The Kier molecular flexibility index (Phi) is 19.3. The lowest BCUT2D eigenvalue weighted by Gasteiger charge is -2.35. The van der Waals surface area contributed by atoms with Gasteiger partial charge in [-0.05, 0) is 60.6 Å². The Balaban J connectivity index is 0.00000588. The van der Waals surface area contributed by atoms with Crippen LogP contribution in [0.4, 0.5) is 0 Å². The van der Waals surface area contributed by atoms with Crippen LogP contribution >= 0.6 is 0 Å². The van der Waals surface area contributed by atoms with E-state index in [4.69, 9.17) is 0 Å². The van der Waals surface area contributed by atoms with Crippen molar-refractivity contribution in [1.82, 2.24) is 0 Å². The third kappa shape index (κ3) is 15.6. The molecule has 3 aromatic rings. The van der Waals surface area contributed by atoms with Gasteiger partial charge in [0.2, 0.25) is 0 Å². The van der Waals surface area contributed by atoms with Crippen molar-refractivity contribution >= 4 is 0 Å². The molecule has 3 aromatic carbocycles. The van der Waals surface area contributed by atoms with E-state index in [2.05, 4.69) is 96.7 Å². The Morgan fingerprint density at radius 2 is 0.634 bits per heavy atom. The van der Waals surface area contributed by atoms with Gasteiger partial charge in [0.1, 0.15) is 0 Å². The van der Waals surface area contributed by atoms with Gasteiger partial charge in [-0.25, -0.2) is 0 Å². The van der Waals surface area contributed by atoms with Crippen LogP contribution < -0.4 is 18.1 Å². The fourth-order valence-electron chi connectivity index (χ4n) is 6.51. The van der Waals surface area contributed by atoms with Crippen molar-refractivity contribution in [1.29, 1.82) is 0 Å². The Labute approximate surface area is 259 Å². The summed E-state index contributed by atoms with van der Waals surface area (Å²) < 4.78 is 0. The highest BCUT2D eigenvalue weighted by atomic mass is 35.5. The van der Waals surface area contributed by atoms with E-state index in [1.54, 1.807) is 0 Å². The maximum absolute atomic E-state index is 3.94. The number of halogens is 1. The molecule has 0 aliphatic heterocycles. The molecule has 0 amide bonds. The summed E-state index contributed by atoms with van der Waals surface area (Å²) in [6.45, 7) is 1.11. The van der Waals surface area contributed by atoms with E-state index in [0.717, 1.165) is 25.8 Å². The molecule has 0 bridgehead atoms. The molecule has 0 heterocycles. The summed E-state index contributed by atoms with van der Waals surface area (Å²) in [6, 6.07) is 33.7. The molecule has 2 heteroatoms. The molecule has 0 spiro atoms. The predicted molar refractivity (Wildman–Crippen MR) is 174 cm³/mol. The quantitative estimate of drug-likeness (QED) is 0.116. The largest absolute Gasteiger partial charge is 1.00 e. The van der Waals surface area contributed by atoms with Gasteiger partial charge in [-0.1, -0.05) is 174 Å². The van der Waals surface area contributed by atoms with Gasteiger partial charge in [-0.2, -0.15) is 0 Å². The lowest BCUT2D eigenvalue weighted by Crippen LogP contribution is -3.00. The number of unbranched alkanes of at least 4 members (excludes halogenated alkanes) is 14. The molecule has 0 aliphatic carbocycles. The molecule has 0 atom stereocenters. The van der Waals surface area contributed by atoms with Crippen LogP contribution in [0.25, 0.3) is 0 Å². The van der Waals surface area contributed by atoms with Crippen molar-refractivity contribution in [3.05, 3.63) is 108 Å². The molecule has 1 nitrogen and oxygen atoms in total. The SMILES string of the molecule is [Cl-].[NH3+]CCCCCCCCCCCCCCCCCC(Cc1ccccc1)(Cc1ccccc1)Cc1ccccc1. The lowest BCUT2D eigenvalue weighted by molar-refractivity contribution is -0.368. The second kappa shape index (κ2) is 22.5. The van der Waals surface area contributed by atoms with Gasteiger partial charge in [0.15, 0.2) is 0 Å². The van der Waals surface area contributed by atoms with Crippen LogP contribution in [0.1, 0.15) is 119 Å². The van der Waals surface area contributed by atoms with Crippen LogP contribution in [0.5, 0.6) is 0 Å². The highest BCUT2D eigenvalue weighted by Crippen LogP contribution is 2.37. The van der Waals surface area contributed by atoms with Crippen LogP contribution in [0.2, 0.25) is 0 Å². The second-order valence-electron chi connectivity index (χ2n) is 12.4. The number of quaternary nitrogens is 1. The van der Waals surface area contributed by atoms with Crippen molar-refractivity contribution in [3.8, 4) is 0 Å². The van der Waals surface area contributed by atoms with E-state index in [1.165, 1.54) is 119 Å². The van der Waals surface area contributed by atoms with Crippen LogP contribution in [-0.2, 0) is 19.3 Å². The summed E-state index contributed by atoms with van der Waals surface area (Å²) in [5.74, 6) is 0. The zero-order valence-corrected chi connectivity index (χ0v) is 26.6. The molecule has 0 aromatic heterocycles. The van der Waals surface area contributed by atoms with E-state index >= 15 is 0 Å². The van der Waals surface area contributed by atoms with Crippen molar-refractivity contribution in [2.24, 2.45) is 5.41 Å². The average Bonchev–Trinajstić information content (AvgIpc) is 2.98. The first kappa shape index (κ1) is 35.1. The monoisotopic (exact) mass is 575 g/mol. The van der Waals surface area contributed by atoms with Gasteiger partial charge in [-0.3, -0.25) is 0 Å². The molecular weight excluding hydrogens is 518 g/mol. The van der Waals surface area contributed by atoms with Gasteiger partial charge in [-0.15, -0.1) is 0 Å². The van der Waals surface area contributed by atoms with Gasteiger partial charge < -0.3 is 18.1 Å². The third-order valence-corrected chi connectivity index (χ3v) is 8.72. The smallest absolute Gasteiger partial charge is 0.0739 e. The fourth-order valence-corrected chi connectivity index (χ4v) is 6.51. The topological polar surface area (TPSA) is 27.6 Å². The highest BCUT2D eigenvalue weighted by molar-refractivity contribution is 5.24. The summed E-state index contributed by atoms with van der Waals surface area (Å²) in [4.78, 5) is 0. The van der Waals surface area contributed by atoms with Gasteiger partial charge >= 0.3 is 0 Å². The first-order valence-corrected chi connectivity index (χ1v) is 16.7. The summed E-state index contributed by atoms with van der Waals surface area (Å²) in [7, 11) is 0. The second-order valence-corrected chi connectivity index (χ2v) is 12.4. The van der Waals surface area contributed by atoms with Crippen molar-refractivity contribution in [2.75, 3.05) is 6.54 Å². The minimum atomic E-state index is 0. The minimum absolute atomic E-state index is 0. The Bertz CT molecular complexity index is 871. The third-order valence-electron chi connectivity index (χ3n) is 8.72. The molecule has 0 fully saturated rings. The van der Waals surface area contributed by atoms with Crippen LogP contribution in [0.15, 0.2) is 91.0 Å². The zero-order chi connectivity index (χ0) is 28.0. The standard InChI is InChI=1S/C39H57N.ClH/c40-32-24-13-11-9-7-5-3-1-2-4-6-8-10-12-23-31-39(33-36-25-17-14-18-26-36,34-37-27-19-15-20-28-37)35-38-29-21-16-22-30-38;/h14-22,25-30H,1-13,23-24,31-35,40H2;1H. The van der Waals surface area contributed by atoms with Crippen LogP contribution in [-0.4, -0.2) is 6.54 Å². The van der Waals surface area contributed by atoms with Gasteiger partial charge in [0.25, 0.3) is 0 Å². The Hall–Kier alpha value is -2.09. The zero-order valence-electron chi connectivity index (χ0n) is 25.9. The summed E-state index contributed by atoms with van der Waals surface area (Å²) >= 11 is 0. The van der Waals surface area contributed by atoms with Crippen molar-refractivity contribution in [3.63, 3.8) is 0 Å². The fraction of sp³-hybridized carbons (Fsp3) is 0.538. The normalized spacial score (nSPS) is 11.3. The Morgan fingerprint density at radius 1 is 0.366 bits per heavy atom. The first-order chi connectivity index (χ1) is 19.8. The molecule has 0 unspecified atom stereocenters. The molecule has 0 saturated heterocycles. The van der Waals surface area contributed by atoms with Crippen LogP contribution in [0, 0.1) is 5.41 Å². The lowest BCUT2D eigenvalue weighted by atomic mass is 9.69. The minimum Gasteiger partial charge on any atom is -1.00 e. The number of hydrogen-bond donors (Lipinski definition) is 1. The molecule has 0 aliphatic rings. The van der Waals surface area contributed by atoms with E-state index in [9.17, 15) is 0 Å². The summed E-state index contributed by atoms with van der Waals surface area (Å²) in [5.41, 5.74) is 8.61. The molecule has 0 saturated carbocycles. The molecule has 3 N–H and O–H groups in total. The maximum atomic E-state index is 3.94. The van der Waals surface area contributed by atoms with Crippen molar-refractivity contribution in [2.45, 2.75) is 122 Å². The number of hydrogen-bond acceptors (Lipinski definition) is 0. The average molecular weight is 576 g/mol. The molecular formula is C39H58ClN. The highest BCUT2D eigenvalue weighted by Gasteiger charge is 2.30. The summed E-state index contributed by atoms with van der Waals surface area (Å²) in [5, 5.41) is 0. The van der Waals surface area contributed by atoms with Gasteiger partial charge in [0.05, 0.1) is 6.54 Å². The molecule has 41 heavy (non-hydrogen) atoms. The van der Waals surface area contributed by atoms with E-state index < -0.39 is 0 Å². The number of benzene rings is 3. The predicted octanol–water partition coefficient (Wildman–Crippen LogP) is 7.19.